The lowest BCUT2D eigenvalue weighted by Crippen LogP contribution is -2.21. The van der Waals surface area contributed by atoms with Gasteiger partial charge in [-0.2, -0.15) is 0 Å². The molecule has 3 rings (SSSR count). The van der Waals surface area contributed by atoms with E-state index in [0.29, 0.717) is 22.7 Å². The van der Waals surface area contributed by atoms with E-state index >= 15 is 0 Å². The average Bonchev–Trinajstić information content (AvgIpc) is 2.66. The fourth-order valence-electron chi connectivity index (χ4n) is 2.33. The zero-order chi connectivity index (χ0) is 19.9. The Morgan fingerprint density at radius 1 is 0.536 bits per heavy atom. The first-order chi connectivity index (χ1) is 13.5. The minimum atomic E-state index is -0.514. The van der Waals surface area contributed by atoms with Gasteiger partial charge in [0.25, 0.3) is 0 Å². The smallest absolute Gasteiger partial charge is 0.308 e. The predicted octanol–water partition coefficient (Wildman–Crippen LogP) is 5.25. The van der Waals surface area contributed by atoms with Gasteiger partial charge in [-0.05, 0) is 66.7 Å². The van der Waals surface area contributed by atoms with Crippen molar-refractivity contribution in [1.29, 1.82) is 0 Å². The number of halogens is 2. The van der Waals surface area contributed by atoms with Crippen LogP contribution < -0.4 is 21.3 Å². The molecule has 4 amide bonds. The lowest BCUT2D eigenvalue weighted by molar-refractivity contribution is 0.261. The molecule has 4 N–H and O–H groups in total. The molecule has 0 atom stereocenters. The van der Waals surface area contributed by atoms with Crippen LogP contribution in [0.2, 0.25) is 0 Å². The number of carbonyl (C=O) groups excluding carboxylic acids is 2. The van der Waals surface area contributed by atoms with Crippen molar-refractivity contribution in [3.63, 3.8) is 0 Å². The quantitative estimate of drug-likeness (QED) is 0.497. The number of carbonyl (C=O) groups is 2. The van der Waals surface area contributed by atoms with E-state index in [4.69, 9.17) is 0 Å². The maximum Gasteiger partial charge on any atom is 0.323 e. The van der Waals surface area contributed by atoms with Crippen molar-refractivity contribution in [1.82, 2.24) is 0 Å². The third kappa shape index (κ3) is 5.53. The van der Waals surface area contributed by atoms with Crippen LogP contribution in [0, 0.1) is 11.6 Å². The highest BCUT2D eigenvalue weighted by molar-refractivity contribution is 6.02. The Kier molecular flexibility index (Phi) is 5.81. The second kappa shape index (κ2) is 8.63. The molecule has 0 aliphatic rings. The lowest BCUT2D eigenvalue weighted by atomic mass is 10.2. The molecular formula is C20H16F2N4O2. The Balaban J connectivity index is 1.57. The molecule has 0 heterocycles. The summed E-state index contributed by atoms with van der Waals surface area (Å²) >= 11 is 0. The molecule has 0 saturated heterocycles. The summed E-state index contributed by atoms with van der Waals surface area (Å²) in [7, 11) is 0. The number of benzene rings is 3. The van der Waals surface area contributed by atoms with Crippen molar-refractivity contribution in [3.05, 3.63) is 84.4 Å². The van der Waals surface area contributed by atoms with Gasteiger partial charge in [0, 0.05) is 22.7 Å². The molecule has 8 heteroatoms. The molecular weight excluding hydrogens is 366 g/mol. The standard InChI is InChI=1S/C20H16F2N4O2/c21-13-4-8-15(9-5-13)23-19(27)25-17-2-1-3-18(12-17)26-20(28)24-16-10-6-14(22)7-11-16/h1-12H,(H2,23,25,27)(H2,24,26,28). The van der Waals surface area contributed by atoms with Gasteiger partial charge in [0.2, 0.25) is 0 Å². The molecule has 142 valence electrons. The molecule has 3 aromatic rings. The molecule has 0 saturated carbocycles. The molecule has 6 nitrogen and oxygen atoms in total. The first kappa shape index (κ1) is 18.8. The SMILES string of the molecule is O=C(Nc1ccc(F)cc1)Nc1cccc(NC(=O)Nc2ccc(F)cc2)c1. The molecule has 0 spiro atoms. The van der Waals surface area contributed by atoms with Gasteiger partial charge >= 0.3 is 12.1 Å². The summed E-state index contributed by atoms with van der Waals surface area (Å²) in [5, 5.41) is 10.4. The van der Waals surface area contributed by atoms with Crippen molar-refractivity contribution in [3.8, 4) is 0 Å². The van der Waals surface area contributed by atoms with Crippen molar-refractivity contribution >= 4 is 34.8 Å². The van der Waals surface area contributed by atoms with Crippen LogP contribution in [0.3, 0.4) is 0 Å². The van der Waals surface area contributed by atoms with Crippen molar-refractivity contribution < 1.29 is 18.4 Å². The third-order valence-corrected chi connectivity index (χ3v) is 3.58. The third-order valence-electron chi connectivity index (χ3n) is 3.58. The zero-order valence-electron chi connectivity index (χ0n) is 14.5. The van der Waals surface area contributed by atoms with E-state index in [1.807, 2.05) is 0 Å². The highest BCUT2D eigenvalue weighted by atomic mass is 19.1. The second-order valence-corrected chi connectivity index (χ2v) is 5.75. The summed E-state index contributed by atoms with van der Waals surface area (Å²) in [4.78, 5) is 24.0. The van der Waals surface area contributed by atoms with Gasteiger partial charge in [-0.25, -0.2) is 18.4 Å². The summed E-state index contributed by atoms with van der Waals surface area (Å²) < 4.78 is 25.8. The molecule has 0 bridgehead atoms. The summed E-state index contributed by atoms with van der Waals surface area (Å²) in [6.07, 6.45) is 0. The number of rotatable bonds is 4. The fourth-order valence-corrected chi connectivity index (χ4v) is 2.33. The first-order valence-electron chi connectivity index (χ1n) is 8.25. The summed E-state index contributed by atoms with van der Waals surface area (Å²) in [6.45, 7) is 0. The highest BCUT2D eigenvalue weighted by Gasteiger charge is 2.06. The maximum absolute atomic E-state index is 12.9. The summed E-state index contributed by atoms with van der Waals surface area (Å²) in [5.74, 6) is -0.799. The summed E-state index contributed by atoms with van der Waals surface area (Å²) in [6, 6.07) is 16.2. The molecule has 0 aliphatic carbocycles. The van der Waals surface area contributed by atoms with Crippen LogP contribution in [0.5, 0.6) is 0 Å². The van der Waals surface area contributed by atoms with Crippen LogP contribution in [0.1, 0.15) is 0 Å². The van der Waals surface area contributed by atoms with Gasteiger partial charge in [0.05, 0.1) is 0 Å². The van der Waals surface area contributed by atoms with Crippen molar-refractivity contribution in [2.45, 2.75) is 0 Å². The summed E-state index contributed by atoms with van der Waals surface area (Å²) in [5.41, 5.74) is 1.76. The van der Waals surface area contributed by atoms with Crippen LogP contribution in [0.4, 0.5) is 41.1 Å². The number of urea groups is 2. The Morgan fingerprint density at radius 3 is 1.29 bits per heavy atom. The normalized spacial score (nSPS) is 10.1. The van der Waals surface area contributed by atoms with E-state index < -0.39 is 23.7 Å². The Bertz CT molecular complexity index is 900. The molecule has 3 aromatic carbocycles. The monoisotopic (exact) mass is 382 g/mol. The molecule has 0 aromatic heterocycles. The molecule has 0 unspecified atom stereocenters. The number of hydrogen-bond donors (Lipinski definition) is 4. The topological polar surface area (TPSA) is 82.3 Å². The Hall–Kier alpha value is -3.94. The van der Waals surface area contributed by atoms with E-state index in [-0.39, 0.29) is 0 Å². The van der Waals surface area contributed by atoms with E-state index in [1.54, 1.807) is 24.3 Å². The largest absolute Gasteiger partial charge is 0.323 e. The van der Waals surface area contributed by atoms with E-state index in [0.717, 1.165) is 0 Å². The number of nitrogens with one attached hydrogen (secondary N) is 4. The number of hydrogen-bond acceptors (Lipinski definition) is 2. The van der Waals surface area contributed by atoms with E-state index in [2.05, 4.69) is 21.3 Å². The molecule has 28 heavy (non-hydrogen) atoms. The van der Waals surface area contributed by atoms with Gasteiger partial charge in [0.15, 0.2) is 0 Å². The van der Waals surface area contributed by atoms with Crippen LogP contribution in [-0.4, -0.2) is 12.1 Å². The number of anilines is 4. The molecule has 0 aliphatic heterocycles. The Morgan fingerprint density at radius 2 is 0.893 bits per heavy atom. The maximum atomic E-state index is 12.9. The molecule has 0 fully saturated rings. The van der Waals surface area contributed by atoms with Crippen molar-refractivity contribution in [2.75, 3.05) is 21.3 Å². The van der Waals surface area contributed by atoms with Crippen LogP contribution in [0.25, 0.3) is 0 Å². The van der Waals surface area contributed by atoms with Gasteiger partial charge in [-0.1, -0.05) is 6.07 Å². The van der Waals surface area contributed by atoms with Crippen LogP contribution in [0.15, 0.2) is 72.8 Å². The molecule has 0 radical (unpaired) electrons. The zero-order valence-corrected chi connectivity index (χ0v) is 14.5. The van der Waals surface area contributed by atoms with Gasteiger partial charge in [-0.15, -0.1) is 0 Å². The van der Waals surface area contributed by atoms with Gasteiger partial charge in [-0.3, -0.25) is 0 Å². The Labute approximate surface area is 159 Å². The van der Waals surface area contributed by atoms with Crippen LogP contribution in [-0.2, 0) is 0 Å². The number of amides is 4. The predicted molar refractivity (Wildman–Crippen MR) is 105 cm³/mol. The van der Waals surface area contributed by atoms with E-state index in [1.165, 1.54) is 48.5 Å². The first-order valence-corrected chi connectivity index (χ1v) is 8.25. The fraction of sp³-hybridized carbons (Fsp3) is 0. The average molecular weight is 382 g/mol. The minimum absolute atomic E-state index is 0.399. The van der Waals surface area contributed by atoms with Gasteiger partial charge in [0.1, 0.15) is 11.6 Å². The van der Waals surface area contributed by atoms with E-state index in [9.17, 15) is 18.4 Å². The highest BCUT2D eigenvalue weighted by Crippen LogP contribution is 2.17. The van der Waals surface area contributed by atoms with Gasteiger partial charge < -0.3 is 21.3 Å². The van der Waals surface area contributed by atoms with Crippen LogP contribution >= 0.6 is 0 Å². The van der Waals surface area contributed by atoms with Crippen molar-refractivity contribution in [2.24, 2.45) is 0 Å². The second-order valence-electron chi connectivity index (χ2n) is 5.75. The lowest BCUT2D eigenvalue weighted by Gasteiger charge is -2.11. The minimum Gasteiger partial charge on any atom is -0.308 e.